The zero-order valence-corrected chi connectivity index (χ0v) is 7.03. The van der Waals surface area contributed by atoms with Crippen molar-refractivity contribution in [2.45, 2.75) is 31.8 Å². The molecular formula is C10H12N2. The summed E-state index contributed by atoms with van der Waals surface area (Å²) >= 11 is 0. The molecule has 0 aromatic rings. The predicted molar refractivity (Wildman–Crippen MR) is 45.9 cm³/mol. The van der Waals surface area contributed by atoms with Crippen molar-refractivity contribution in [1.82, 2.24) is 0 Å². The number of fused-ring (bicyclic) bond motifs is 2. The molecule has 62 valence electrons. The lowest BCUT2D eigenvalue weighted by Crippen LogP contribution is -2.20. The largest absolute Gasteiger partial charge is 0.477 e. The van der Waals surface area contributed by atoms with E-state index in [9.17, 15) is 0 Å². The minimum Gasteiger partial charge on any atom is -0.233 e. The van der Waals surface area contributed by atoms with Gasteiger partial charge in [0.15, 0.2) is 0 Å². The van der Waals surface area contributed by atoms with Crippen LogP contribution in [-0.4, -0.2) is 6.17 Å². The maximum Gasteiger partial charge on any atom is 0.477 e. The van der Waals surface area contributed by atoms with Gasteiger partial charge in [-0.2, -0.15) is 0 Å². The zero-order chi connectivity index (χ0) is 8.55. The smallest absolute Gasteiger partial charge is 0.233 e. The molecule has 2 aliphatic rings. The van der Waals surface area contributed by atoms with Crippen LogP contribution in [0.3, 0.4) is 0 Å². The van der Waals surface area contributed by atoms with Crippen LogP contribution in [0.2, 0.25) is 0 Å². The number of nitrogens with zero attached hydrogens (tertiary/aromatic N) is 2. The summed E-state index contributed by atoms with van der Waals surface area (Å²) in [5, 5.41) is 0. The molecule has 0 spiro atoms. The van der Waals surface area contributed by atoms with Crippen LogP contribution >= 0.6 is 0 Å². The first-order chi connectivity index (χ1) is 5.85. The molecule has 0 radical (unpaired) electrons. The highest BCUT2D eigenvalue weighted by atomic mass is 14.9. The van der Waals surface area contributed by atoms with Crippen molar-refractivity contribution in [3.05, 3.63) is 22.8 Å². The summed E-state index contributed by atoms with van der Waals surface area (Å²) in [6, 6.07) is 0. The van der Waals surface area contributed by atoms with Crippen LogP contribution in [0.25, 0.3) is 9.69 Å². The van der Waals surface area contributed by atoms with Gasteiger partial charge in [0, 0.05) is 0 Å². The van der Waals surface area contributed by atoms with Crippen LogP contribution in [0.15, 0.2) is 0 Å². The van der Waals surface area contributed by atoms with E-state index in [4.69, 9.17) is 13.1 Å². The van der Waals surface area contributed by atoms with Gasteiger partial charge in [-0.15, -0.1) is 0 Å². The Morgan fingerprint density at radius 1 is 1.08 bits per heavy atom. The Morgan fingerprint density at radius 3 is 2.25 bits per heavy atom. The van der Waals surface area contributed by atoms with E-state index in [2.05, 4.69) is 9.69 Å². The Labute approximate surface area is 73.2 Å². The lowest BCUT2D eigenvalue weighted by atomic mass is 9.87. The highest BCUT2D eigenvalue weighted by Gasteiger charge is 2.49. The maximum absolute atomic E-state index is 6.92. The van der Waals surface area contributed by atoms with E-state index >= 15 is 0 Å². The molecule has 3 atom stereocenters. The summed E-state index contributed by atoms with van der Waals surface area (Å²) in [5.74, 6) is 1.98. The van der Waals surface area contributed by atoms with Crippen LogP contribution in [0.5, 0.6) is 0 Å². The van der Waals surface area contributed by atoms with E-state index in [1.165, 1.54) is 19.3 Å². The molecule has 2 bridgehead atoms. The van der Waals surface area contributed by atoms with E-state index in [-0.39, 0.29) is 6.17 Å². The second kappa shape index (κ2) is 2.79. The Bertz CT molecular complexity index is 244. The standard InChI is InChI=1S/C10H12N2/c1-11-10(12-2)9-6-7-3-4-8(9)5-7/h7-10H,3-6H2. The lowest BCUT2D eigenvalue weighted by Gasteiger charge is -2.15. The SMILES string of the molecule is [C-]#[N+]C([N+]#[C-])C1CC2CCC1C2. The second-order valence-electron chi connectivity index (χ2n) is 4.01. The summed E-state index contributed by atoms with van der Waals surface area (Å²) in [6.07, 6.45) is 4.72. The van der Waals surface area contributed by atoms with E-state index in [1.807, 2.05) is 0 Å². The highest BCUT2D eigenvalue weighted by Crippen LogP contribution is 2.50. The van der Waals surface area contributed by atoms with Crippen molar-refractivity contribution in [2.75, 3.05) is 0 Å². The van der Waals surface area contributed by atoms with Crippen molar-refractivity contribution in [3.8, 4) is 0 Å². The average molecular weight is 160 g/mol. The third-order valence-corrected chi connectivity index (χ3v) is 3.44. The van der Waals surface area contributed by atoms with Gasteiger partial charge in [0.2, 0.25) is 0 Å². The fraction of sp³-hybridized carbons (Fsp3) is 0.800. The number of hydrogen-bond donors (Lipinski definition) is 0. The Balaban J connectivity index is 2.08. The van der Waals surface area contributed by atoms with Crippen LogP contribution in [0.4, 0.5) is 0 Å². The number of hydrogen-bond acceptors (Lipinski definition) is 0. The Kier molecular flexibility index (Phi) is 1.77. The molecule has 2 fully saturated rings. The van der Waals surface area contributed by atoms with E-state index in [0.29, 0.717) is 11.8 Å². The molecule has 2 saturated carbocycles. The minimum atomic E-state index is -0.361. The van der Waals surface area contributed by atoms with Crippen LogP contribution in [0, 0.1) is 30.9 Å². The molecule has 0 aliphatic heterocycles. The van der Waals surface area contributed by atoms with Crippen LogP contribution in [-0.2, 0) is 0 Å². The van der Waals surface area contributed by atoms with E-state index in [1.54, 1.807) is 0 Å². The summed E-state index contributed by atoms with van der Waals surface area (Å²) in [7, 11) is 0. The highest BCUT2D eigenvalue weighted by molar-refractivity contribution is 5.02. The summed E-state index contributed by atoms with van der Waals surface area (Å²) < 4.78 is 0. The number of rotatable bonds is 1. The third-order valence-electron chi connectivity index (χ3n) is 3.44. The van der Waals surface area contributed by atoms with Crippen molar-refractivity contribution in [1.29, 1.82) is 0 Å². The summed E-state index contributed by atoms with van der Waals surface area (Å²) in [4.78, 5) is 6.81. The quantitative estimate of drug-likeness (QED) is 0.521. The molecule has 3 unspecified atom stereocenters. The van der Waals surface area contributed by atoms with Gasteiger partial charge in [0.05, 0.1) is 0 Å². The molecule has 0 heterocycles. The average Bonchev–Trinajstić information content (AvgIpc) is 2.67. The molecule has 2 rings (SSSR count). The molecule has 0 aromatic carbocycles. The molecule has 2 nitrogen and oxygen atoms in total. The first-order valence-electron chi connectivity index (χ1n) is 4.58. The lowest BCUT2D eigenvalue weighted by molar-refractivity contribution is 0.325. The van der Waals surface area contributed by atoms with Crippen LogP contribution in [0.1, 0.15) is 25.7 Å². The van der Waals surface area contributed by atoms with Gasteiger partial charge < -0.3 is 0 Å². The first-order valence-corrected chi connectivity index (χ1v) is 4.58. The van der Waals surface area contributed by atoms with E-state index in [0.717, 1.165) is 12.3 Å². The van der Waals surface area contributed by atoms with Crippen molar-refractivity contribution < 1.29 is 0 Å². The van der Waals surface area contributed by atoms with Gasteiger partial charge >= 0.3 is 6.17 Å². The Hall–Kier alpha value is -1.02. The van der Waals surface area contributed by atoms with Gasteiger partial charge in [-0.1, -0.05) is 6.42 Å². The van der Waals surface area contributed by atoms with Crippen molar-refractivity contribution in [3.63, 3.8) is 0 Å². The molecule has 0 N–H and O–H groups in total. The summed E-state index contributed by atoms with van der Waals surface area (Å²) in [6.45, 7) is 13.8. The van der Waals surface area contributed by atoms with Crippen molar-refractivity contribution in [2.24, 2.45) is 17.8 Å². The van der Waals surface area contributed by atoms with Crippen molar-refractivity contribution >= 4 is 0 Å². The predicted octanol–water partition coefficient (Wildman–Crippen LogP) is 2.59. The second-order valence-corrected chi connectivity index (χ2v) is 4.01. The van der Waals surface area contributed by atoms with Gasteiger partial charge in [-0.05, 0) is 31.1 Å². The first kappa shape index (κ1) is 7.62. The molecule has 0 aromatic heterocycles. The third kappa shape index (κ3) is 0.994. The normalized spacial score (nSPS) is 38.1. The Morgan fingerprint density at radius 2 is 1.83 bits per heavy atom. The molecule has 2 aliphatic carbocycles. The molecule has 12 heavy (non-hydrogen) atoms. The topological polar surface area (TPSA) is 8.72 Å². The molecular weight excluding hydrogens is 148 g/mol. The van der Waals surface area contributed by atoms with Gasteiger partial charge in [-0.25, -0.2) is 22.8 Å². The summed E-state index contributed by atoms with van der Waals surface area (Å²) in [5.41, 5.74) is 0. The van der Waals surface area contributed by atoms with E-state index < -0.39 is 0 Å². The maximum atomic E-state index is 6.92. The fourth-order valence-electron chi connectivity index (χ4n) is 2.88. The molecule has 0 saturated heterocycles. The van der Waals surface area contributed by atoms with Crippen LogP contribution < -0.4 is 0 Å². The fourth-order valence-corrected chi connectivity index (χ4v) is 2.88. The monoisotopic (exact) mass is 160 g/mol. The zero-order valence-electron chi connectivity index (χ0n) is 7.03. The minimum absolute atomic E-state index is 0.361. The van der Waals surface area contributed by atoms with Gasteiger partial charge in [-0.3, -0.25) is 0 Å². The van der Waals surface area contributed by atoms with Gasteiger partial charge in [0.1, 0.15) is 5.92 Å². The molecule has 2 heteroatoms. The molecule has 0 amide bonds. The van der Waals surface area contributed by atoms with Gasteiger partial charge in [0.25, 0.3) is 0 Å².